The molecule has 0 bridgehead atoms. The average molecular weight is 356 g/mol. The van der Waals surface area contributed by atoms with Crippen LogP contribution in [0.15, 0.2) is 59.2 Å². The molecule has 1 aliphatic rings. The van der Waals surface area contributed by atoms with Gasteiger partial charge in [0.05, 0.1) is 0 Å². The van der Waals surface area contributed by atoms with E-state index < -0.39 is 5.97 Å². The minimum Gasteiger partial charge on any atom is -0.426 e. The van der Waals surface area contributed by atoms with Gasteiger partial charge in [-0.15, -0.1) is 0 Å². The molecule has 126 valence electrons. The van der Waals surface area contributed by atoms with Crippen molar-refractivity contribution < 1.29 is 19.1 Å². The predicted octanol–water partition coefficient (Wildman–Crippen LogP) is 4.00. The zero-order valence-corrected chi connectivity index (χ0v) is 14.1. The quantitative estimate of drug-likeness (QED) is 0.472. The van der Waals surface area contributed by atoms with Crippen LogP contribution in [0, 0.1) is 0 Å². The molecule has 0 amide bonds. The van der Waals surface area contributed by atoms with Crippen LogP contribution >= 0.6 is 11.6 Å². The van der Waals surface area contributed by atoms with Gasteiger partial charge in [-0.05, 0) is 36.4 Å². The number of nitrogens with zero attached hydrogens (tertiary/aromatic N) is 1. The third kappa shape index (κ3) is 3.95. The minimum absolute atomic E-state index is 0.130. The normalized spacial score (nSPS) is 15.0. The number of hydrogen-bond donors (Lipinski definition) is 0. The summed E-state index contributed by atoms with van der Waals surface area (Å²) in [7, 11) is 0. The highest BCUT2D eigenvalue weighted by Crippen LogP contribution is 2.25. The van der Waals surface area contributed by atoms with E-state index in [0.29, 0.717) is 21.9 Å². The van der Waals surface area contributed by atoms with Gasteiger partial charge in [0, 0.05) is 22.6 Å². The lowest BCUT2D eigenvalue weighted by Crippen LogP contribution is -2.07. The topological polar surface area (TPSA) is 65.0 Å². The monoisotopic (exact) mass is 355 g/mol. The van der Waals surface area contributed by atoms with Crippen molar-refractivity contribution in [1.82, 2.24) is 0 Å². The first-order valence-electron chi connectivity index (χ1n) is 7.65. The van der Waals surface area contributed by atoms with E-state index in [9.17, 15) is 9.59 Å². The largest absolute Gasteiger partial charge is 0.426 e. The first kappa shape index (κ1) is 16.9. The van der Waals surface area contributed by atoms with Crippen LogP contribution in [0.3, 0.4) is 0 Å². The summed E-state index contributed by atoms with van der Waals surface area (Å²) < 4.78 is 10.5. The second-order valence-corrected chi connectivity index (χ2v) is 5.64. The van der Waals surface area contributed by atoms with E-state index in [-0.39, 0.29) is 24.0 Å². The van der Waals surface area contributed by atoms with Gasteiger partial charge in [0.2, 0.25) is 5.90 Å². The first-order valence-corrected chi connectivity index (χ1v) is 8.03. The fourth-order valence-electron chi connectivity index (χ4n) is 2.16. The zero-order valence-electron chi connectivity index (χ0n) is 13.4. The van der Waals surface area contributed by atoms with E-state index >= 15 is 0 Å². The molecule has 0 aromatic heterocycles. The van der Waals surface area contributed by atoms with E-state index in [1.165, 1.54) is 6.08 Å². The highest BCUT2D eigenvalue weighted by molar-refractivity contribution is 6.30. The van der Waals surface area contributed by atoms with Crippen LogP contribution in [0.1, 0.15) is 24.5 Å². The summed E-state index contributed by atoms with van der Waals surface area (Å²) in [5, 5.41) is 0.580. The lowest BCUT2D eigenvalue weighted by Gasteiger charge is -2.06. The van der Waals surface area contributed by atoms with Crippen LogP contribution in [-0.4, -0.2) is 17.8 Å². The summed E-state index contributed by atoms with van der Waals surface area (Å²) in [5.74, 6) is -0.354. The number of cyclic esters (lactones) is 1. The number of carbonyl (C=O) groups excluding carboxylic acids is 2. The van der Waals surface area contributed by atoms with Gasteiger partial charge in [-0.3, -0.25) is 4.79 Å². The van der Waals surface area contributed by atoms with Crippen LogP contribution in [0.4, 0.5) is 0 Å². The summed E-state index contributed by atoms with van der Waals surface area (Å²) in [6.07, 6.45) is 1.79. The Hall–Kier alpha value is -2.92. The number of rotatable bonds is 4. The molecular weight excluding hydrogens is 342 g/mol. The van der Waals surface area contributed by atoms with Crippen LogP contribution in [0.2, 0.25) is 5.02 Å². The van der Waals surface area contributed by atoms with Crippen molar-refractivity contribution in [2.45, 2.75) is 13.3 Å². The van der Waals surface area contributed by atoms with Crippen molar-refractivity contribution in [3.8, 4) is 5.75 Å². The molecule has 1 heterocycles. The SMILES string of the molecule is CCC(=O)Oc1ccccc1/C=C1\N=C(c2ccc(Cl)cc2)OC1=O. The maximum Gasteiger partial charge on any atom is 0.363 e. The van der Waals surface area contributed by atoms with E-state index in [2.05, 4.69) is 4.99 Å². The highest BCUT2D eigenvalue weighted by Gasteiger charge is 2.24. The van der Waals surface area contributed by atoms with Gasteiger partial charge in [0.1, 0.15) is 5.75 Å². The number of esters is 2. The summed E-state index contributed by atoms with van der Waals surface area (Å²) in [6, 6.07) is 13.7. The molecule has 0 atom stereocenters. The molecular formula is C19H14ClNO4. The Morgan fingerprint density at radius 1 is 1.20 bits per heavy atom. The molecule has 0 aliphatic carbocycles. The molecule has 0 saturated carbocycles. The van der Waals surface area contributed by atoms with Crippen LogP contribution in [0.25, 0.3) is 6.08 Å². The molecule has 0 radical (unpaired) electrons. The predicted molar refractivity (Wildman–Crippen MR) is 94.4 cm³/mol. The van der Waals surface area contributed by atoms with Gasteiger partial charge in [-0.1, -0.05) is 36.7 Å². The lowest BCUT2D eigenvalue weighted by molar-refractivity contribution is -0.134. The van der Waals surface area contributed by atoms with Gasteiger partial charge in [0.25, 0.3) is 0 Å². The van der Waals surface area contributed by atoms with Gasteiger partial charge < -0.3 is 9.47 Å². The van der Waals surface area contributed by atoms with E-state index in [4.69, 9.17) is 21.1 Å². The molecule has 0 N–H and O–H groups in total. The van der Waals surface area contributed by atoms with Crippen molar-refractivity contribution >= 4 is 35.5 Å². The van der Waals surface area contributed by atoms with Gasteiger partial charge in [-0.2, -0.15) is 0 Å². The van der Waals surface area contributed by atoms with Gasteiger partial charge in [0.15, 0.2) is 5.70 Å². The Morgan fingerprint density at radius 3 is 2.64 bits per heavy atom. The molecule has 2 aromatic rings. The summed E-state index contributed by atoms with van der Waals surface area (Å²) >= 11 is 5.85. The summed E-state index contributed by atoms with van der Waals surface area (Å²) in [6.45, 7) is 1.71. The molecule has 6 heteroatoms. The van der Waals surface area contributed by atoms with E-state index in [0.717, 1.165) is 0 Å². The lowest BCUT2D eigenvalue weighted by atomic mass is 10.1. The van der Waals surface area contributed by atoms with Gasteiger partial charge >= 0.3 is 11.9 Å². The molecule has 0 unspecified atom stereocenters. The Morgan fingerprint density at radius 2 is 1.92 bits per heavy atom. The molecule has 0 spiro atoms. The Labute approximate surface area is 149 Å². The van der Waals surface area contributed by atoms with E-state index in [1.54, 1.807) is 55.5 Å². The number of para-hydroxylation sites is 1. The molecule has 3 rings (SSSR count). The fraction of sp³-hybridized carbons (Fsp3) is 0.105. The Bertz CT molecular complexity index is 885. The Kier molecular flexibility index (Phi) is 4.95. The number of benzene rings is 2. The second kappa shape index (κ2) is 7.32. The number of ether oxygens (including phenoxy) is 2. The molecule has 0 fully saturated rings. The first-order chi connectivity index (χ1) is 12.1. The van der Waals surface area contributed by atoms with Crippen molar-refractivity contribution in [2.24, 2.45) is 4.99 Å². The number of aliphatic imine (C=N–C) groups is 1. The van der Waals surface area contributed by atoms with Crippen LogP contribution < -0.4 is 4.74 Å². The number of halogens is 1. The average Bonchev–Trinajstić information content (AvgIpc) is 2.98. The summed E-state index contributed by atoms with van der Waals surface area (Å²) in [5.41, 5.74) is 1.34. The second-order valence-electron chi connectivity index (χ2n) is 5.21. The van der Waals surface area contributed by atoms with Crippen molar-refractivity contribution in [2.75, 3.05) is 0 Å². The van der Waals surface area contributed by atoms with E-state index in [1.807, 2.05) is 0 Å². The third-order valence-corrected chi connectivity index (χ3v) is 3.69. The molecule has 2 aromatic carbocycles. The summed E-state index contributed by atoms with van der Waals surface area (Å²) in [4.78, 5) is 27.8. The zero-order chi connectivity index (χ0) is 17.8. The van der Waals surface area contributed by atoms with Gasteiger partial charge in [-0.25, -0.2) is 9.79 Å². The smallest absolute Gasteiger partial charge is 0.363 e. The molecule has 0 saturated heterocycles. The minimum atomic E-state index is -0.568. The highest BCUT2D eigenvalue weighted by atomic mass is 35.5. The fourth-order valence-corrected chi connectivity index (χ4v) is 2.29. The molecule has 1 aliphatic heterocycles. The van der Waals surface area contributed by atoms with Crippen LogP contribution in [-0.2, 0) is 14.3 Å². The molecule has 5 nitrogen and oxygen atoms in total. The van der Waals surface area contributed by atoms with Crippen LogP contribution in [0.5, 0.6) is 5.75 Å². The van der Waals surface area contributed by atoms with Crippen molar-refractivity contribution in [1.29, 1.82) is 0 Å². The standard InChI is InChI=1S/C19H14ClNO4/c1-2-17(22)24-16-6-4-3-5-13(16)11-15-19(23)25-18(21-15)12-7-9-14(20)10-8-12/h3-11H,2H2,1H3/b15-11-. The number of hydrogen-bond acceptors (Lipinski definition) is 5. The number of carbonyl (C=O) groups is 2. The maximum absolute atomic E-state index is 12.1. The van der Waals surface area contributed by atoms with Crippen molar-refractivity contribution in [3.63, 3.8) is 0 Å². The Balaban J connectivity index is 1.92. The molecule has 25 heavy (non-hydrogen) atoms. The maximum atomic E-state index is 12.1. The third-order valence-electron chi connectivity index (χ3n) is 3.44. The van der Waals surface area contributed by atoms with Crippen molar-refractivity contribution in [3.05, 3.63) is 70.4 Å².